The summed E-state index contributed by atoms with van der Waals surface area (Å²) in [5.41, 5.74) is 3.46. The molecule has 196 valence electrons. The number of anilines is 1. The number of pyridine rings is 1. The number of ether oxygens (including phenoxy) is 1. The molecule has 4 aliphatic rings. The Balaban J connectivity index is 1.07. The van der Waals surface area contributed by atoms with E-state index in [9.17, 15) is 9.59 Å². The lowest BCUT2D eigenvalue weighted by atomic mass is 9.96. The van der Waals surface area contributed by atoms with Gasteiger partial charge in [0.05, 0.1) is 12.2 Å². The summed E-state index contributed by atoms with van der Waals surface area (Å²) in [5.74, 6) is 1.76. The summed E-state index contributed by atoms with van der Waals surface area (Å²) in [4.78, 5) is 35.4. The molecule has 2 N–H and O–H groups in total. The molecular weight excluding hydrogens is 466 g/mol. The van der Waals surface area contributed by atoms with E-state index in [1.165, 1.54) is 5.56 Å². The molecule has 3 fully saturated rings. The van der Waals surface area contributed by atoms with Crippen LogP contribution < -0.4 is 20.3 Å². The molecule has 0 radical (unpaired) electrons. The first kappa shape index (κ1) is 24.2. The number of aromatic nitrogens is 1. The van der Waals surface area contributed by atoms with Gasteiger partial charge in [-0.15, -0.1) is 0 Å². The number of likely N-dealkylation sites (tertiary alicyclic amines) is 1. The lowest BCUT2D eigenvalue weighted by molar-refractivity contribution is 0.0922. The van der Waals surface area contributed by atoms with E-state index < -0.39 is 0 Å². The first-order chi connectivity index (χ1) is 18.0. The van der Waals surface area contributed by atoms with Crippen LogP contribution >= 0.6 is 0 Å². The molecule has 1 aromatic carbocycles. The molecule has 0 aliphatic carbocycles. The summed E-state index contributed by atoms with van der Waals surface area (Å²) in [6.45, 7) is 7.81. The average Bonchev–Trinajstić information content (AvgIpc) is 3.62. The van der Waals surface area contributed by atoms with Gasteiger partial charge in [-0.3, -0.25) is 9.59 Å². The van der Waals surface area contributed by atoms with Gasteiger partial charge in [0.1, 0.15) is 11.6 Å². The zero-order valence-electron chi connectivity index (χ0n) is 21.8. The second-order valence-corrected chi connectivity index (χ2v) is 11.0. The standard InChI is InChI=1S/C29H37N5O3/c1-3-33-12-10-21(17-33)31-28(35)20-5-9-26(30-16-20)34-23-6-7-24(34)15-22(14-23)32-29(36)25-8-4-19-11-13-37-27(19)18(25)2/h4-5,8-9,16,21-24H,3,6-7,10-15,17H2,1-2H3,(H,31,35)(H,32,36)/t21-,22?,23?,24?/m1/s1. The number of likely N-dealkylation sites (N-methyl/N-ethyl adjacent to an activating group) is 1. The third kappa shape index (κ3) is 4.67. The number of fused-ring (bicyclic) bond motifs is 3. The summed E-state index contributed by atoms with van der Waals surface area (Å²) in [7, 11) is 0. The minimum absolute atomic E-state index is 0.00791. The lowest BCUT2D eigenvalue weighted by Crippen LogP contribution is -2.50. The van der Waals surface area contributed by atoms with Gasteiger partial charge < -0.3 is 25.2 Å². The number of hydrogen-bond donors (Lipinski definition) is 2. The van der Waals surface area contributed by atoms with Crippen molar-refractivity contribution in [3.05, 3.63) is 52.7 Å². The molecule has 4 aliphatic heterocycles. The zero-order chi connectivity index (χ0) is 25.5. The zero-order valence-corrected chi connectivity index (χ0v) is 21.8. The van der Waals surface area contributed by atoms with Crippen molar-refractivity contribution in [1.82, 2.24) is 20.5 Å². The number of nitrogens with one attached hydrogen (secondary N) is 2. The van der Waals surface area contributed by atoms with Crippen LogP contribution in [0.2, 0.25) is 0 Å². The summed E-state index contributed by atoms with van der Waals surface area (Å²) in [6, 6.07) is 8.91. The van der Waals surface area contributed by atoms with E-state index in [0.717, 1.165) is 75.3 Å². The average molecular weight is 504 g/mol. The Labute approximate surface area is 218 Å². The van der Waals surface area contributed by atoms with Crippen molar-refractivity contribution in [3.63, 3.8) is 0 Å². The predicted molar refractivity (Wildman–Crippen MR) is 142 cm³/mol. The molecule has 37 heavy (non-hydrogen) atoms. The molecule has 0 saturated carbocycles. The number of piperidine rings is 1. The van der Waals surface area contributed by atoms with E-state index in [4.69, 9.17) is 9.72 Å². The highest BCUT2D eigenvalue weighted by Crippen LogP contribution is 2.39. The van der Waals surface area contributed by atoms with Crippen LogP contribution in [0.3, 0.4) is 0 Å². The highest BCUT2D eigenvalue weighted by atomic mass is 16.5. The van der Waals surface area contributed by atoms with Crippen molar-refractivity contribution in [2.45, 2.75) is 76.5 Å². The minimum atomic E-state index is -0.0429. The largest absolute Gasteiger partial charge is 0.493 e. The van der Waals surface area contributed by atoms with Gasteiger partial charge in [0.15, 0.2) is 0 Å². The summed E-state index contributed by atoms with van der Waals surface area (Å²) >= 11 is 0. The van der Waals surface area contributed by atoms with Gasteiger partial charge in [-0.1, -0.05) is 13.0 Å². The van der Waals surface area contributed by atoms with Crippen molar-refractivity contribution in [3.8, 4) is 5.75 Å². The molecule has 8 nitrogen and oxygen atoms in total. The van der Waals surface area contributed by atoms with E-state index in [2.05, 4.69) is 27.4 Å². The molecule has 2 bridgehead atoms. The van der Waals surface area contributed by atoms with Gasteiger partial charge in [0, 0.05) is 61.0 Å². The normalized spacial score (nSPS) is 26.6. The summed E-state index contributed by atoms with van der Waals surface area (Å²) in [6.07, 6.45) is 7.63. The molecule has 0 spiro atoms. The third-order valence-corrected chi connectivity index (χ3v) is 8.75. The van der Waals surface area contributed by atoms with Crippen LogP contribution in [0.25, 0.3) is 0 Å². The van der Waals surface area contributed by atoms with E-state index in [-0.39, 0.29) is 23.9 Å². The maximum absolute atomic E-state index is 13.1. The fourth-order valence-corrected chi connectivity index (χ4v) is 6.77. The highest BCUT2D eigenvalue weighted by molar-refractivity contribution is 5.97. The van der Waals surface area contributed by atoms with Crippen LogP contribution in [0.15, 0.2) is 30.5 Å². The van der Waals surface area contributed by atoms with E-state index in [1.807, 2.05) is 31.2 Å². The van der Waals surface area contributed by atoms with Crippen molar-refractivity contribution in [1.29, 1.82) is 0 Å². The van der Waals surface area contributed by atoms with Gasteiger partial charge in [-0.25, -0.2) is 4.98 Å². The molecule has 5 heterocycles. The number of rotatable bonds is 6. The highest BCUT2D eigenvalue weighted by Gasteiger charge is 2.42. The fourth-order valence-electron chi connectivity index (χ4n) is 6.77. The van der Waals surface area contributed by atoms with E-state index in [1.54, 1.807) is 6.20 Å². The van der Waals surface area contributed by atoms with Crippen LogP contribution in [0.5, 0.6) is 5.75 Å². The fraction of sp³-hybridized carbons (Fsp3) is 0.552. The summed E-state index contributed by atoms with van der Waals surface area (Å²) < 4.78 is 5.76. The topological polar surface area (TPSA) is 86.8 Å². The molecule has 2 amide bonds. The van der Waals surface area contributed by atoms with Crippen LogP contribution in [-0.2, 0) is 6.42 Å². The third-order valence-electron chi connectivity index (χ3n) is 8.75. The van der Waals surface area contributed by atoms with Crippen LogP contribution in [0, 0.1) is 6.92 Å². The van der Waals surface area contributed by atoms with Crippen molar-refractivity contribution < 1.29 is 14.3 Å². The molecule has 2 aromatic rings. The van der Waals surface area contributed by atoms with Gasteiger partial charge >= 0.3 is 0 Å². The monoisotopic (exact) mass is 503 g/mol. The molecule has 8 heteroatoms. The van der Waals surface area contributed by atoms with Gasteiger partial charge in [-0.05, 0) is 69.3 Å². The number of nitrogens with zero attached hydrogens (tertiary/aromatic N) is 3. The van der Waals surface area contributed by atoms with Crippen molar-refractivity contribution in [2.24, 2.45) is 0 Å². The van der Waals surface area contributed by atoms with Crippen LogP contribution in [-0.4, -0.2) is 72.1 Å². The van der Waals surface area contributed by atoms with Gasteiger partial charge in [-0.2, -0.15) is 0 Å². The Kier molecular flexibility index (Phi) is 6.53. The molecule has 3 saturated heterocycles. The lowest BCUT2D eigenvalue weighted by Gasteiger charge is -2.40. The van der Waals surface area contributed by atoms with Crippen molar-refractivity contribution in [2.75, 3.05) is 31.1 Å². The van der Waals surface area contributed by atoms with E-state index in [0.29, 0.717) is 29.8 Å². The first-order valence-corrected chi connectivity index (χ1v) is 13.8. The Morgan fingerprint density at radius 3 is 2.51 bits per heavy atom. The Morgan fingerprint density at radius 1 is 1.03 bits per heavy atom. The Bertz CT molecular complexity index is 1170. The second-order valence-electron chi connectivity index (χ2n) is 11.0. The van der Waals surface area contributed by atoms with Crippen LogP contribution in [0.4, 0.5) is 5.82 Å². The molecule has 1 aromatic heterocycles. The Hall–Kier alpha value is -3.13. The number of carbonyl (C=O) groups is 2. The Morgan fingerprint density at radius 2 is 1.81 bits per heavy atom. The van der Waals surface area contributed by atoms with Crippen molar-refractivity contribution >= 4 is 17.6 Å². The second kappa shape index (κ2) is 9.97. The van der Waals surface area contributed by atoms with E-state index >= 15 is 0 Å². The van der Waals surface area contributed by atoms with Crippen LogP contribution in [0.1, 0.15) is 70.9 Å². The maximum atomic E-state index is 13.1. The predicted octanol–water partition coefficient (Wildman–Crippen LogP) is 3.08. The number of carbonyl (C=O) groups excluding carboxylic acids is 2. The number of amides is 2. The molecular formula is C29H37N5O3. The molecule has 6 rings (SSSR count). The number of hydrogen-bond acceptors (Lipinski definition) is 6. The smallest absolute Gasteiger partial charge is 0.253 e. The first-order valence-electron chi connectivity index (χ1n) is 13.8. The quantitative estimate of drug-likeness (QED) is 0.630. The SMILES string of the molecule is CCN1CC[C@@H](NC(=O)c2ccc(N3C4CCC3CC(NC(=O)c3ccc5c(c3C)OCC5)C4)nc2)C1. The molecule has 2 unspecified atom stereocenters. The maximum Gasteiger partial charge on any atom is 0.253 e. The van der Waals surface area contributed by atoms with Gasteiger partial charge in [0.25, 0.3) is 11.8 Å². The minimum Gasteiger partial charge on any atom is -0.493 e. The number of benzene rings is 1. The summed E-state index contributed by atoms with van der Waals surface area (Å²) in [5, 5.41) is 6.47. The molecule has 3 atom stereocenters. The van der Waals surface area contributed by atoms with Gasteiger partial charge in [0.2, 0.25) is 0 Å².